The minimum Gasteiger partial charge on any atom is -0.377 e. The Morgan fingerprint density at radius 3 is 2.55 bits per heavy atom. The lowest BCUT2D eigenvalue weighted by molar-refractivity contribution is -0.0934. The van der Waals surface area contributed by atoms with Crippen molar-refractivity contribution in [2.45, 2.75) is 38.7 Å². The topological polar surface area (TPSA) is 9.23 Å². The van der Waals surface area contributed by atoms with Gasteiger partial charge in [-0.05, 0) is 32.6 Å². The first-order valence-corrected chi connectivity index (χ1v) is 4.60. The van der Waals surface area contributed by atoms with E-state index in [2.05, 4.69) is 19.1 Å². The maximum Gasteiger partial charge on any atom is 0.0576 e. The summed E-state index contributed by atoms with van der Waals surface area (Å²) in [5.41, 5.74) is 0.434. The highest BCUT2D eigenvalue weighted by Crippen LogP contribution is 2.43. The summed E-state index contributed by atoms with van der Waals surface area (Å²) in [6, 6.07) is 0. The molecule has 62 valence electrons. The van der Waals surface area contributed by atoms with Gasteiger partial charge in [-0.1, -0.05) is 12.2 Å². The predicted octanol–water partition coefficient (Wildman–Crippen LogP) is 2.52. The fourth-order valence-corrected chi connectivity index (χ4v) is 2.33. The lowest BCUT2D eigenvalue weighted by atomic mass is 9.71. The number of hydrogen-bond donors (Lipinski definition) is 0. The summed E-state index contributed by atoms with van der Waals surface area (Å²) in [6.07, 6.45) is 10.4. The maximum atomic E-state index is 5.68. The van der Waals surface area contributed by atoms with E-state index in [0.717, 1.165) is 6.61 Å². The van der Waals surface area contributed by atoms with E-state index in [1.807, 2.05) is 0 Å². The Kier molecular flexibility index (Phi) is 1.76. The van der Waals surface area contributed by atoms with E-state index < -0.39 is 0 Å². The first kappa shape index (κ1) is 7.35. The van der Waals surface area contributed by atoms with Crippen molar-refractivity contribution >= 4 is 0 Å². The lowest BCUT2D eigenvalue weighted by Gasteiger charge is -2.44. The van der Waals surface area contributed by atoms with Gasteiger partial charge >= 0.3 is 0 Å². The molecule has 0 aromatic carbocycles. The van der Waals surface area contributed by atoms with Crippen molar-refractivity contribution in [2.75, 3.05) is 6.61 Å². The largest absolute Gasteiger partial charge is 0.377 e. The van der Waals surface area contributed by atoms with E-state index >= 15 is 0 Å². The fraction of sp³-hybridized carbons (Fsp3) is 0.800. The summed E-state index contributed by atoms with van der Waals surface area (Å²) < 4.78 is 5.68. The Morgan fingerprint density at radius 2 is 2.09 bits per heavy atom. The Labute approximate surface area is 68.4 Å². The third-order valence-electron chi connectivity index (χ3n) is 3.06. The Hall–Kier alpha value is -0.300. The summed E-state index contributed by atoms with van der Waals surface area (Å²) in [7, 11) is 0. The SMILES string of the molecule is C/C=C\C12CCC(CC1)OC2. The van der Waals surface area contributed by atoms with Gasteiger partial charge in [0.25, 0.3) is 0 Å². The van der Waals surface area contributed by atoms with Gasteiger partial charge in [0.15, 0.2) is 0 Å². The quantitative estimate of drug-likeness (QED) is 0.525. The number of allylic oxidation sites excluding steroid dienone is 1. The van der Waals surface area contributed by atoms with Gasteiger partial charge in [0.05, 0.1) is 12.7 Å². The molecule has 0 spiro atoms. The molecule has 2 saturated heterocycles. The van der Waals surface area contributed by atoms with Crippen LogP contribution in [-0.4, -0.2) is 12.7 Å². The molecule has 1 saturated carbocycles. The zero-order valence-electron chi connectivity index (χ0n) is 7.18. The molecular weight excluding hydrogens is 136 g/mol. The molecule has 0 amide bonds. The van der Waals surface area contributed by atoms with Crippen LogP contribution in [0.4, 0.5) is 0 Å². The standard InChI is InChI=1S/C10H16O/c1-2-5-10-6-3-9(4-7-10)11-8-10/h2,5,9H,3-4,6-8H2,1H3/b5-2-. The molecule has 2 bridgehead atoms. The van der Waals surface area contributed by atoms with Crippen LogP contribution in [-0.2, 0) is 4.74 Å². The third kappa shape index (κ3) is 1.22. The molecule has 1 aliphatic carbocycles. The molecule has 0 N–H and O–H groups in total. The van der Waals surface area contributed by atoms with Crippen molar-refractivity contribution in [2.24, 2.45) is 5.41 Å². The van der Waals surface area contributed by atoms with E-state index in [1.54, 1.807) is 0 Å². The van der Waals surface area contributed by atoms with Gasteiger partial charge in [-0.15, -0.1) is 0 Å². The molecule has 3 aliphatic rings. The molecule has 0 unspecified atom stereocenters. The Bertz CT molecular complexity index is 150. The van der Waals surface area contributed by atoms with Crippen LogP contribution in [0.3, 0.4) is 0 Å². The zero-order chi connectivity index (χ0) is 7.73. The van der Waals surface area contributed by atoms with Crippen LogP contribution in [0.5, 0.6) is 0 Å². The van der Waals surface area contributed by atoms with Gasteiger partial charge < -0.3 is 4.74 Å². The normalized spacial score (nSPS) is 43.5. The van der Waals surface area contributed by atoms with Crippen LogP contribution in [0.25, 0.3) is 0 Å². The maximum absolute atomic E-state index is 5.68. The van der Waals surface area contributed by atoms with Crippen LogP contribution in [0.2, 0.25) is 0 Å². The van der Waals surface area contributed by atoms with Crippen LogP contribution in [0, 0.1) is 5.41 Å². The number of hydrogen-bond acceptors (Lipinski definition) is 1. The smallest absolute Gasteiger partial charge is 0.0576 e. The van der Waals surface area contributed by atoms with Crippen molar-refractivity contribution < 1.29 is 4.74 Å². The fourth-order valence-electron chi connectivity index (χ4n) is 2.33. The van der Waals surface area contributed by atoms with Gasteiger partial charge in [-0.2, -0.15) is 0 Å². The molecule has 3 fully saturated rings. The van der Waals surface area contributed by atoms with E-state index in [0.29, 0.717) is 11.5 Å². The van der Waals surface area contributed by atoms with Crippen LogP contribution < -0.4 is 0 Å². The molecule has 1 heteroatoms. The molecule has 0 radical (unpaired) electrons. The van der Waals surface area contributed by atoms with Gasteiger partial charge in [-0.3, -0.25) is 0 Å². The van der Waals surface area contributed by atoms with Crippen LogP contribution in [0.15, 0.2) is 12.2 Å². The molecule has 1 nitrogen and oxygen atoms in total. The zero-order valence-corrected chi connectivity index (χ0v) is 7.18. The second-order valence-electron chi connectivity index (χ2n) is 3.87. The summed E-state index contributed by atoms with van der Waals surface area (Å²) in [5, 5.41) is 0. The summed E-state index contributed by atoms with van der Waals surface area (Å²) >= 11 is 0. The highest BCUT2D eigenvalue weighted by Gasteiger charge is 2.38. The third-order valence-corrected chi connectivity index (χ3v) is 3.06. The van der Waals surface area contributed by atoms with Gasteiger partial charge in [-0.25, -0.2) is 0 Å². The van der Waals surface area contributed by atoms with E-state index in [-0.39, 0.29) is 0 Å². The van der Waals surface area contributed by atoms with Crippen molar-refractivity contribution in [1.29, 1.82) is 0 Å². The molecular formula is C10H16O. The summed E-state index contributed by atoms with van der Waals surface area (Å²) in [4.78, 5) is 0. The average Bonchev–Trinajstić information content (AvgIpc) is 2.07. The van der Waals surface area contributed by atoms with Crippen molar-refractivity contribution in [3.05, 3.63) is 12.2 Å². The molecule has 0 aromatic rings. The summed E-state index contributed by atoms with van der Waals surface area (Å²) in [5.74, 6) is 0. The van der Waals surface area contributed by atoms with Crippen molar-refractivity contribution in [3.63, 3.8) is 0 Å². The molecule has 0 atom stereocenters. The van der Waals surface area contributed by atoms with Gasteiger partial charge in [0.1, 0.15) is 0 Å². The molecule has 2 aliphatic heterocycles. The lowest BCUT2D eigenvalue weighted by Crippen LogP contribution is -2.41. The van der Waals surface area contributed by atoms with Crippen LogP contribution >= 0.6 is 0 Å². The number of rotatable bonds is 1. The molecule has 3 rings (SSSR count). The Balaban J connectivity index is 2.11. The monoisotopic (exact) mass is 152 g/mol. The van der Waals surface area contributed by atoms with Gasteiger partial charge in [0, 0.05) is 5.41 Å². The highest BCUT2D eigenvalue weighted by atomic mass is 16.5. The number of ether oxygens (including phenoxy) is 1. The first-order valence-electron chi connectivity index (χ1n) is 4.60. The average molecular weight is 152 g/mol. The number of fused-ring (bicyclic) bond motifs is 3. The minimum absolute atomic E-state index is 0.434. The van der Waals surface area contributed by atoms with Crippen LogP contribution in [0.1, 0.15) is 32.6 Å². The first-order chi connectivity index (χ1) is 5.35. The molecule has 2 heterocycles. The predicted molar refractivity (Wildman–Crippen MR) is 45.5 cm³/mol. The van der Waals surface area contributed by atoms with Crippen molar-refractivity contribution in [3.8, 4) is 0 Å². The molecule has 0 aromatic heterocycles. The van der Waals surface area contributed by atoms with Crippen molar-refractivity contribution in [1.82, 2.24) is 0 Å². The second kappa shape index (κ2) is 2.63. The minimum atomic E-state index is 0.434. The Morgan fingerprint density at radius 1 is 1.36 bits per heavy atom. The highest BCUT2D eigenvalue weighted by molar-refractivity contribution is 5.04. The molecule has 11 heavy (non-hydrogen) atoms. The van der Waals surface area contributed by atoms with E-state index in [9.17, 15) is 0 Å². The van der Waals surface area contributed by atoms with Gasteiger partial charge in [0.2, 0.25) is 0 Å². The second-order valence-corrected chi connectivity index (χ2v) is 3.87. The summed E-state index contributed by atoms with van der Waals surface area (Å²) in [6.45, 7) is 3.08. The van der Waals surface area contributed by atoms with E-state index in [1.165, 1.54) is 25.7 Å². The van der Waals surface area contributed by atoms with E-state index in [4.69, 9.17) is 4.74 Å².